The summed E-state index contributed by atoms with van der Waals surface area (Å²) in [7, 11) is 0. The van der Waals surface area contributed by atoms with Crippen molar-refractivity contribution >= 4 is 23.4 Å². The monoisotopic (exact) mass is 466 g/mol. The van der Waals surface area contributed by atoms with Crippen molar-refractivity contribution in [2.24, 2.45) is 4.99 Å². The average Bonchev–Trinajstić information content (AvgIpc) is 3.09. The summed E-state index contributed by atoms with van der Waals surface area (Å²) in [6.45, 7) is 6.01. The molecule has 4 rings (SSSR count). The molecule has 0 fully saturated rings. The Balaban J connectivity index is 1.95. The lowest BCUT2D eigenvalue weighted by molar-refractivity contribution is -0.139. The third-order valence-corrected chi connectivity index (χ3v) is 6.19. The Kier molecular flexibility index (Phi) is 6.55. The number of thiazole rings is 1. The van der Waals surface area contributed by atoms with Crippen LogP contribution in [0.2, 0.25) is 0 Å². The number of nitrogens with zero attached hydrogens (tertiary/aromatic N) is 2. The maximum atomic E-state index is 13.6. The Labute approximate surface area is 193 Å². The van der Waals surface area contributed by atoms with Gasteiger partial charge in [0.15, 0.2) is 4.80 Å². The number of hydrogen-bond donors (Lipinski definition) is 0. The standard InChI is InChI=1S/C25H23FN2O4S/c1-4-31-19-9-7-6-8-17(19)14-20-23(29)28-22(16-10-12-18(26)13-11-16)21(24(30)32-5-2)15(3)27-25(28)33-20/h6-14,22H,4-5H2,1-3H3/b20-14+. The fraction of sp³-hybridized carbons (Fsp3) is 0.240. The third-order valence-electron chi connectivity index (χ3n) is 5.21. The van der Waals surface area contributed by atoms with E-state index in [1.54, 1.807) is 32.1 Å². The van der Waals surface area contributed by atoms with E-state index >= 15 is 0 Å². The second kappa shape index (κ2) is 9.54. The molecule has 8 heteroatoms. The molecule has 1 unspecified atom stereocenters. The van der Waals surface area contributed by atoms with E-state index < -0.39 is 17.8 Å². The van der Waals surface area contributed by atoms with E-state index in [1.165, 1.54) is 28.0 Å². The lowest BCUT2D eigenvalue weighted by Gasteiger charge is -2.24. The van der Waals surface area contributed by atoms with Crippen LogP contribution in [0.3, 0.4) is 0 Å². The number of rotatable bonds is 6. The molecule has 2 aromatic carbocycles. The molecule has 1 aliphatic rings. The number of esters is 1. The van der Waals surface area contributed by atoms with E-state index in [1.807, 2.05) is 31.2 Å². The SMILES string of the molecule is CCOC(=O)C1=C(C)N=c2s/c(=C/c3ccccc3OCC)c(=O)n2C1c1ccc(F)cc1. The molecule has 1 aliphatic heterocycles. The quantitative estimate of drug-likeness (QED) is 0.523. The van der Waals surface area contributed by atoms with E-state index in [4.69, 9.17) is 9.47 Å². The zero-order valence-electron chi connectivity index (χ0n) is 18.5. The van der Waals surface area contributed by atoms with E-state index in [2.05, 4.69) is 4.99 Å². The van der Waals surface area contributed by atoms with Gasteiger partial charge in [-0.05, 0) is 50.6 Å². The summed E-state index contributed by atoms with van der Waals surface area (Å²) in [5.41, 5.74) is 1.79. The first-order valence-electron chi connectivity index (χ1n) is 10.6. The van der Waals surface area contributed by atoms with Gasteiger partial charge >= 0.3 is 5.97 Å². The molecule has 170 valence electrons. The Hall–Kier alpha value is -3.52. The molecule has 0 amide bonds. The highest BCUT2D eigenvalue weighted by molar-refractivity contribution is 7.07. The van der Waals surface area contributed by atoms with Crippen molar-refractivity contribution in [1.82, 2.24) is 4.57 Å². The minimum atomic E-state index is -0.773. The van der Waals surface area contributed by atoms with Crippen molar-refractivity contribution in [3.05, 3.63) is 96.4 Å². The number of ether oxygens (including phenoxy) is 2. The minimum Gasteiger partial charge on any atom is -0.493 e. The Bertz CT molecular complexity index is 1400. The summed E-state index contributed by atoms with van der Waals surface area (Å²) >= 11 is 1.23. The topological polar surface area (TPSA) is 69.9 Å². The average molecular weight is 467 g/mol. The van der Waals surface area contributed by atoms with Gasteiger partial charge in [0.1, 0.15) is 11.6 Å². The van der Waals surface area contributed by atoms with Crippen LogP contribution >= 0.6 is 11.3 Å². The second-order valence-electron chi connectivity index (χ2n) is 7.32. The van der Waals surface area contributed by atoms with Crippen LogP contribution in [0.15, 0.2) is 69.6 Å². The predicted octanol–water partition coefficient (Wildman–Crippen LogP) is 3.34. The normalized spacial score (nSPS) is 15.8. The summed E-state index contributed by atoms with van der Waals surface area (Å²) in [4.78, 5) is 31.4. The zero-order valence-corrected chi connectivity index (χ0v) is 19.3. The molecule has 0 saturated heterocycles. The molecule has 0 aliphatic carbocycles. The van der Waals surface area contributed by atoms with E-state index in [-0.39, 0.29) is 17.7 Å². The number of allylic oxidation sites excluding steroid dienone is 1. The molecule has 0 radical (unpaired) electrons. The van der Waals surface area contributed by atoms with Crippen LogP contribution in [0, 0.1) is 5.82 Å². The van der Waals surface area contributed by atoms with Crippen LogP contribution in [-0.2, 0) is 9.53 Å². The fourth-order valence-electron chi connectivity index (χ4n) is 3.78. The highest BCUT2D eigenvalue weighted by Gasteiger charge is 2.33. The van der Waals surface area contributed by atoms with Crippen LogP contribution in [0.4, 0.5) is 4.39 Å². The van der Waals surface area contributed by atoms with Crippen molar-refractivity contribution in [2.75, 3.05) is 13.2 Å². The minimum absolute atomic E-state index is 0.185. The van der Waals surface area contributed by atoms with Crippen molar-refractivity contribution in [2.45, 2.75) is 26.8 Å². The molecule has 0 spiro atoms. The van der Waals surface area contributed by atoms with Crippen LogP contribution < -0.4 is 19.6 Å². The van der Waals surface area contributed by atoms with Crippen molar-refractivity contribution in [1.29, 1.82) is 0 Å². The Morgan fingerprint density at radius 2 is 1.88 bits per heavy atom. The smallest absolute Gasteiger partial charge is 0.338 e. The number of benzene rings is 2. The zero-order chi connectivity index (χ0) is 23.5. The van der Waals surface area contributed by atoms with Crippen LogP contribution in [0.1, 0.15) is 37.9 Å². The summed E-state index contributed by atoms with van der Waals surface area (Å²) in [6.07, 6.45) is 1.76. The predicted molar refractivity (Wildman–Crippen MR) is 124 cm³/mol. The van der Waals surface area contributed by atoms with Crippen molar-refractivity contribution in [3.8, 4) is 5.75 Å². The molecular formula is C25H23FN2O4S. The number of aromatic nitrogens is 1. The number of para-hydroxylation sites is 1. The fourth-order valence-corrected chi connectivity index (χ4v) is 4.82. The summed E-state index contributed by atoms with van der Waals surface area (Å²) in [5.74, 6) is -0.287. The molecule has 0 N–H and O–H groups in total. The molecule has 0 bridgehead atoms. The van der Waals surface area contributed by atoms with Gasteiger partial charge in [-0.15, -0.1) is 0 Å². The lowest BCUT2D eigenvalue weighted by atomic mass is 9.96. The molecule has 1 atom stereocenters. The van der Waals surface area contributed by atoms with E-state index in [9.17, 15) is 14.0 Å². The maximum absolute atomic E-state index is 13.6. The van der Waals surface area contributed by atoms with Crippen molar-refractivity contribution in [3.63, 3.8) is 0 Å². The van der Waals surface area contributed by atoms with E-state index in [0.717, 1.165) is 5.56 Å². The Morgan fingerprint density at radius 3 is 2.58 bits per heavy atom. The first kappa shape index (κ1) is 22.7. The lowest BCUT2D eigenvalue weighted by Crippen LogP contribution is -2.39. The van der Waals surface area contributed by atoms with Gasteiger partial charge in [0.25, 0.3) is 5.56 Å². The Morgan fingerprint density at radius 1 is 1.15 bits per heavy atom. The summed E-state index contributed by atoms with van der Waals surface area (Å²) in [5, 5.41) is 0. The third kappa shape index (κ3) is 4.39. The van der Waals surface area contributed by atoms with Gasteiger partial charge < -0.3 is 9.47 Å². The van der Waals surface area contributed by atoms with Gasteiger partial charge in [-0.3, -0.25) is 9.36 Å². The molecule has 33 heavy (non-hydrogen) atoms. The first-order valence-corrected chi connectivity index (χ1v) is 11.4. The summed E-state index contributed by atoms with van der Waals surface area (Å²) < 4.78 is 26.5. The number of hydrogen-bond acceptors (Lipinski definition) is 6. The van der Waals surface area contributed by atoms with Crippen molar-refractivity contribution < 1.29 is 18.7 Å². The number of carbonyl (C=O) groups is 1. The molecule has 1 aromatic heterocycles. The molecule has 0 saturated carbocycles. The van der Waals surface area contributed by atoms with Crippen LogP contribution in [-0.4, -0.2) is 23.8 Å². The van der Waals surface area contributed by atoms with Crippen LogP contribution in [0.25, 0.3) is 6.08 Å². The van der Waals surface area contributed by atoms with Gasteiger partial charge in [-0.25, -0.2) is 14.2 Å². The highest BCUT2D eigenvalue weighted by atomic mass is 32.1. The van der Waals surface area contributed by atoms with Gasteiger partial charge in [0, 0.05) is 5.56 Å². The largest absolute Gasteiger partial charge is 0.493 e. The van der Waals surface area contributed by atoms with Gasteiger partial charge in [-0.1, -0.05) is 41.7 Å². The second-order valence-corrected chi connectivity index (χ2v) is 8.33. The first-order chi connectivity index (χ1) is 15.9. The van der Waals surface area contributed by atoms with Gasteiger partial charge in [0.05, 0.1) is 35.1 Å². The molecule has 6 nitrogen and oxygen atoms in total. The number of halogens is 1. The van der Waals surface area contributed by atoms with E-state index in [0.29, 0.717) is 33.0 Å². The number of fused-ring (bicyclic) bond motifs is 1. The highest BCUT2D eigenvalue weighted by Crippen LogP contribution is 2.30. The van der Waals surface area contributed by atoms with Gasteiger partial charge in [-0.2, -0.15) is 0 Å². The van der Waals surface area contributed by atoms with Crippen LogP contribution in [0.5, 0.6) is 5.75 Å². The number of carbonyl (C=O) groups excluding carboxylic acids is 1. The maximum Gasteiger partial charge on any atom is 0.338 e. The molecular weight excluding hydrogens is 443 g/mol. The molecule has 2 heterocycles. The molecule has 3 aromatic rings. The summed E-state index contributed by atoms with van der Waals surface area (Å²) in [6, 6.07) is 12.4. The van der Waals surface area contributed by atoms with Gasteiger partial charge in [0.2, 0.25) is 0 Å².